The van der Waals surface area contributed by atoms with Gasteiger partial charge in [0.15, 0.2) is 0 Å². The van der Waals surface area contributed by atoms with Crippen molar-refractivity contribution < 1.29 is 9.84 Å². The third-order valence-electron chi connectivity index (χ3n) is 8.27. The van der Waals surface area contributed by atoms with E-state index in [1.54, 1.807) is 53.3 Å². The van der Waals surface area contributed by atoms with Gasteiger partial charge >= 0.3 is 0 Å². The summed E-state index contributed by atoms with van der Waals surface area (Å²) in [5, 5.41) is 12.3. The van der Waals surface area contributed by atoms with Gasteiger partial charge in [0.2, 0.25) is 0 Å². The maximum atomic E-state index is 9.29. The summed E-state index contributed by atoms with van der Waals surface area (Å²) in [7, 11) is 1.66. The lowest BCUT2D eigenvalue weighted by molar-refractivity contribution is 0.415. The zero-order valence-corrected chi connectivity index (χ0v) is 35.6. The molecule has 6 aromatic carbocycles. The van der Waals surface area contributed by atoms with E-state index < -0.39 is 0 Å². The fourth-order valence-corrected chi connectivity index (χ4v) is 10.0. The first kappa shape index (κ1) is 37.8. The molecule has 8 nitrogen and oxygen atoms in total. The smallest absolute Gasteiger partial charge is 0.124 e. The lowest BCUT2D eigenvalue weighted by atomic mass is 10.2. The van der Waals surface area contributed by atoms with Crippen LogP contribution >= 0.6 is 79.2 Å². The van der Waals surface area contributed by atoms with Crippen molar-refractivity contribution in [3.63, 3.8) is 0 Å². The standard InChI is InChI=1S/C14H11IN2OS.C14H12N2S.C13H9IN2OS/c1-18-9-4-2-8(3-5-9)14-17-11-7-6-10(16)12(15)13(11)19-14;1-9-3-2-4-12-13(9)17-14(16-12)10-5-7-11(15)8-6-10;14-11-9(15)5-6-10-12(11)18-13(16-10)7-1-3-8(17)4-2-7/h2-7H,16H2,1H3;2-8H,15H2,1H3;1-6,17H,15H2. The van der Waals surface area contributed by atoms with Gasteiger partial charge in [-0.2, -0.15) is 0 Å². The molecule has 0 fully saturated rings. The molecule has 0 aliphatic rings. The zero-order valence-electron chi connectivity index (χ0n) is 28.9. The minimum atomic E-state index is 0.263. The van der Waals surface area contributed by atoms with Crippen molar-refractivity contribution in [3.8, 4) is 43.2 Å². The van der Waals surface area contributed by atoms with Crippen LogP contribution in [0.1, 0.15) is 5.56 Å². The average Bonchev–Trinajstić information content (AvgIpc) is 3.94. The molecule has 0 radical (unpaired) electrons. The van der Waals surface area contributed by atoms with Gasteiger partial charge in [-0.3, -0.25) is 0 Å². The molecule has 0 bridgehead atoms. The SMILES string of the molecule is COc1ccc(-c2nc3ccc(N)c(I)c3s2)cc1.Cc1cccc2nc(-c3ccc(N)cc3)sc12.Nc1ccc2nc(-c3ccc(O)cc3)sc2c1I. The summed E-state index contributed by atoms with van der Waals surface area (Å²) in [4.78, 5) is 13.9. The zero-order chi connectivity index (χ0) is 37.9. The second-order valence-corrected chi connectivity index (χ2v) is 17.2. The number of aromatic hydroxyl groups is 1. The molecule has 0 saturated carbocycles. The van der Waals surface area contributed by atoms with E-state index >= 15 is 0 Å². The highest BCUT2D eigenvalue weighted by Gasteiger charge is 2.12. The number of halogens is 2. The number of nitrogens with zero attached hydrogens (tertiary/aromatic N) is 3. The Balaban J connectivity index is 0.000000125. The van der Waals surface area contributed by atoms with E-state index in [0.717, 1.165) is 87.6 Å². The first-order valence-corrected chi connectivity index (χ1v) is 21.0. The number of nitrogens with two attached hydrogens (primary N) is 3. The van der Waals surface area contributed by atoms with Gasteiger partial charge in [-0.05, 0) is 161 Å². The topological polar surface area (TPSA) is 146 Å². The third kappa shape index (κ3) is 8.24. The highest BCUT2D eigenvalue weighted by Crippen LogP contribution is 2.37. The Morgan fingerprint density at radius 1 is 0.537 bits per heavy atom. The number of phenolic OH excluding ortho intramolecular Hbond substituents is 1. The van der Waals surface area contributed by atoms with Crippen LogP contribution in [-0.4, -0.2) is 27.2 Å². The van der Waals surface area contributed by atoms with E-state index in [9.17, 15) is 5.11 Å². The Bertz CT molecular complexity index is 2730. The quantitative estimate of drug-likeness (QED) is 0.101. The molecule has 0 saturated heterocycles. The number of ether oxygens (including phenoxy) is 1. The van der Waals surface area contributed by atoms with Crippen molar-refractivity contribution in [1.82, 2.24) is 15.0 Å². The molecule has 270 valence electrons. The summed E-state index contributed by atoms with van der Waals surface area (Å²) in [5.41, 5.74) is 27.4. The first-order valence-electron chi connectivity index (χ1n) is 16.4. The number of phenols is 1. The molecule has 0 aliphatic heterocycles. The molecule has 0 atom stereocenters. The largest absolute Gasteiger partial charge is 0.508 e. The number of anilines is 3. The normalized spacial score (nSPS) is 10.9. The number of hydrogen-bond acceptors (Lipinski definition) is 11. The number of nitrogen functional groups attached to an aromatic ring is 3. The number of methoxy groups -OCH3 is 1. The molecule has 9 aromatic rings. The molecule has 9 rings (SSSR count). The maximum absolute atomic E-state index is 9.29. The molecule has 7 N–H and O–H groups in total. The average molecular weight is 991 g/mol. The van der Waals surface area contributed by atoms with Gasteiger partial charge in [-0.15, -0.1) is 34.0 Å². The van der Waals surface area contributed by atoms with Crippen LogP contribution in [0.3, 0.4) is 0 Å². The Morgan fingerprint density at radius 2 is 0.963 bits per heavy atom. The third-order valence-corrected chi connectivity index (χ3v) is 14.9. The summed E-state index contributed by atoms with van der Waals surface area (Å²) in [6.07, 6.45) is 0. The molecular formula is C41H32I2N6O2S3. The van der Waals surface area contributed by atoms with E-state index in [-0.39, 0.29) is 5.75 Å². The number of aromatic nitrogens is 3. The van der Waals surface area contributed by atoms with Gasteiger partial charge in [0.1, 0.15) is 26.5 Å². The molecule has 3 heterocycles. The first-order chi connectivity index (χ1) is 26.1. The number of benzene rings is 6. The van der Waals surface area contributed by atoms with Crippen molar-refractivity contribution >= 4 is 127 Å². The van der Waals surface area contributed by atoms with Gasteiger partial charge in [-0.25, -0.2) is 15.0 Å². The van der Waals surface area contributed by atoms with Gasteiger partial charge in [-0.1, -0.05) is 12.1 Å². The predicted octanol–water partition coefficient (Wildman–Crippen LogP) is 11.9. The Labute approximate surface area is 351 Å². The summed E-state index contributed by atoms with van der Waals surface area (Å²) in [5.74, 6) is 1.11. The Kier molecular flexibility index (Phi) is 11.5. The maximum Gasteiger partial charge on any atom is 0.124 e. The molecule has 3 aromatic heterocycles. The Hall–Kier alpha value is -4.55. The van der Waals surface area contributed by atoms with Crippen molar-refractivity contribution in [2.24, 2.45) is 0 Å². The number of fused-ring (bicyclic) bond motifs is 3. The molecule has 54 heavy (non-hydrogen) atoms. The van der Waals surface area contributed by atoms with Crippen LogP contribution in [0.4, 0.5) is 17.1 Å². The monoisotopic (exact) mass is 990 g/mol. The summed E-state index contributed by atoms with van der Waals surface area (Å²) in [6.45, 7) is 2.12. The van der Waals surface area contributed by atoms with Crippen molar-refractivity contribution in [2.75, 3.05) is 24.3 Å². The lowest BCUT2D eigenvalue weighted by Crippen LogP contribution is -1.87. The van der Waals surface area contributed by atoms with Crippen LogP contribution in [0.25, 0.3) is 62.4 Å². The fraction of sp³-hybridized carbons (Fsp3) is 0.0488. The minimum Gasteiger partial charge on any atom is -0.508 e. The van der Waals surface area contributed by atoms with E-state index in [2.05, 4.69) is 79.2 Å². The summed E-state index contributed by atoms with van der Waals surface area (Å²) in [6, 6.07) is 36.8. The van der Waals surface area contributed by atoms with Crippen LogP contribution in [-0.2, 0) is 0 Å². The number of aryl methyl sites for hydroxylation is 1. The van der Waals surface area contributed by atoms with E-state index in [0.29, 0.717) is 0 Å². The highest BCUT2D eigenvalue weighted by atomic mass is 127. The van der Waals surface area contributed by atoms with Gasteiger partial charge in [0, 0.05) is 33.8 Å². The molecule has 0 spiro atoms. The summed E-state index contributed by atoms with van der Waals surface area (Å²) >= 11 is 9.53. The van der Waals surface area contributed by atoms with Crippen LogP contribution in [0.5, 0.6) is 11.5 Å². The van der Waals surface area contributed by atoms with E-state index in [1.165, 1.54) is 10.3 Å². The van der Waals surface area contributed by atoms with E-state index in [4.69, 9.17) is 21.9 Å². The second-order valence-electron chi connectivity index (χ2n) is 12.0. The van der Waals surface area contributed by atoms with Crippen molar-refractivity contribution in [1.29, 1.82) is 0 Å². The van der Waals surface area contributed by atoms with Gasteiger partial charge < -0.3 is 27.0 Å². The van der Waals surface area contributed by atoms with Crippen LogP contribution in [0.2, 0.25) is 0 Å². The van der Waals surface area contributed by atoms with Crippen LogP contribution in [0.15, 0.2) is 115 Å². The minimum absolute atomic E-state index is 0.263. The second kappa shape index (κ2) is 16.4. The number of thiazole rings is 3. The van der Waals surface area contributed by atoms with Crippen LogP contribution < -0.4 is 21.9 Å². The van der Waals surface area contributed by atoms with Crippen LogP contribution in [0, 0.1) is 14.1 Å². The molecule has 0 unspecified atom stereocenters. The number of rotatable bonds is 4. The predicted molar refractivity (Wildman–Crippen MR) is 247 cm³/mol. The Morgan fingerprint density at radius 3 is 1.43 bits per heavy atom. The molecule has 0 amide bonds. The molecular weight excluding hydrogens is 958 g/mol. The summed E-state index contributed by atoms with van der Waals surface area (Å²) < 4.78 is 10.8. The molecule has 0 aliphatic carbocycles. The van der Waals surface area contributed by atoms with E-state index in [1.807, 2.05) is 91.0 Å². The van der Waals surface area contributed by atoms with Crippen molar-refractivity contribution in [3.05, 3.63) is 128 Å². The highest BCUT2D eigenvalue weighted by molar-refractivity contribution is 14.1. The lowest BCUT2D eigenvalue weighted by Gasteiger charge is -1.99. The van der Waals surface area contributed by atoms with Gasteiger partial charge in [0.05, 0.1) is 44.9 Å². The van der Waals surface area contributed by atoms with Gasteiger partial charge in [0.25, 0.3) is 0 Å². The van der Waals surface area contributed by atoms with Crippen molar-refractivity contribution in [2.45, 2.75) is 6.92 Å². The number of hydrogen-bond donors (Lipinski definition) is 4. The fourth-order valence-electron chi connectivity index (χ4n) is 5.37. The molecule has 13 heteroatoms.